The minimum atomic E-state index is -0.104. The molecule has 0 aliphatic carbocycles. The zero-order valence-corrected chi connectivity index (χ0v) is 14.0. The van der Waals surface area contributed by atoms with Crippen LogP contribution in [0.25, 0.3) is 10.7 Å². The van der Waals surface area contributed by atoms with E-state index >= 15 is 0 Å². The van der Waals surface area contributed by atoms with E-state index in [2.05, 4.69) is 25.9 Å². The standard InChI is InChI=1S/C10H7BrClIN2OS/c1-2-5-7(13)10(16)15-9(14-5)6-3-4(11)8(12)17-6/h3H,2H2,1H3,(H,14,15,16). The lowest BCUT2D eigenvalue weighted by molar-refractivity contribution is 0.971. The van der Waals surface area contributed by atoms with Crippen molar-refractivity contribution in [3.63, 3.8) is 0 Å². The summed E-state index contributed by atoms with van der Waals surface area (Å²) in [6.07, 6.45) is 0.732. The number of aromatic nitrogens is 2. The van der Waals surface area contributed by atoms with Gasteiger partial charge < -0.3 is 4.98 Å². The molecule has 17 heavy (non-hydrogen) atoms. The van der Waals surface area contributed by atoms with Gasteiger partial charge in [-0.3, -0.25) is 4.79 Å². The molecule has 0 radical (unpaired) electrons. The Morgan fingerprint density at radius 1 is 1.65 bits per heavy atom. The molecule has 2 heterocycles. The number of nitrogens with zero attached hydrogens (tertiary/aromatic N) is 1. The van der Waals surface area contributed by atoms with Crippen LogP contribution < -0.4 is 5.56 Å². The Labute approximate surface area is 129 Å². The molecule has 0 unspecified atom stereocenters. The van der Waals surface area contributed by atoms with Crippen molar-refractivity contribution in [3.05, 3.63) is 34.5 Å². The number of aromatic amines is 1. The van der Waals surface area contributed by atoms with Crippen LogP contribution in [0, 0.1) is 3.57 Å². The van der Waals surface area contributed by atoms with Gasteiger partial charge in [-0.2, -0.15) is 0 Å². The highest BCUT2D eigenvalue weighted by molar-refractivity contribution is 14.1. The van der Waals surface area contributed by atoms with Crippen LogP contribution in [0.15, 0.2) is 15.3 Å². The summed E-state index contributed by atoms with van der Waals surface area (Å²) in [7, 11) is 0. The van der Waals surface area contributed by atoms with Gasteiger partial charge >= 0.3 is 0 Å². The Morgan fingerprint density at radius 2 is 2.35 bits per heavy atom. The van der Waals surface area contributed by atoms with E-state index in [4.69, 9.17) is 11.6 Å². The highest BCUT2D eigenvalue weighted by atomic mass is 127. The molecule has 0 saturated carbocycles. The number of aryl methyl sites for hydroxylation is 1. The van der Waals surface area contributed by atoms with Crippen LogP contribution in [0.1, 0.15) is 12.6 Å². The smallest absolute Gasteiger partial charge is 0.264 e. The quantitative estimate of drug-likeness (QED) is 0.708. The van der Waals surface area contributed by atoms with E-state index in [0.29, 0.717) is 13.7 Å². The summed E-state index contributed by atoms with van der Waals surface area (Å²) >= 11 is 12.7. The molecule has 2 aromatic heterocycles. The van der Waals surface area contributed by atoms with Gasteiger partial charge in [-0.1, -0.05) is 18.5 Å². The molecule has 0 amide bonds. The van der Waals surface area contributed by atoms with Crippen molar-refractivity contribution >= 4 is 61.5 Å². The molecule has 0 spiro atoms. The van der Waals surface area contributed by atoms with Gasteiger partial charge in [-0.25, -0.2) is 4.98 Å². The van der Waals surface area contributed by atoms with Gasteiger partial charge in [0.05, 0.1) is 14.1 Å². The molecule has 90 valence electrons. The highest BCUT2D eigenvalue weighted by Crippen LogP contribution is 2.36. The minimum absolute atomic E-state index is 0.104. The van der Waals surface area contributed by atoms with Gasteiger partial charge in [0.1, 0.15) is 4.34 Å². The molecule has 0 bridgehead atoms. The maximum atomic E-state index is 11.7. The largest absolute Gasteiger partial charge is 0.305 e. The summed E-state index contributed by atoms with van der Waals surface area (Å²) in [5.41, 5.74) is 0.707. The monoisotopic (exact) mass is 444 g/mol. The van der Waals surface area contributed by atoms with E-state index in [1.165, 1.54) is 11.3 Å². The van der Waals surface area contributed by atoms with Gasteiger partial charge in [-0.15, -0.1) is 11.3 Å². The summed E-state index contributed by atoms with van der Waals surface area (Å²) in [5.74, 6) is 0.574. The topological polar surface area (TPSA) is 45.8 Å². The van der Waals surface area contributed by atoms with E-state index in [9.17, 15) is 4.79 Å². The fourth-order valence-electron chi connectivity index (χ4n) is 1.32. The Kier molecular flexibility index (Phi) is 4.27. The van der Waals surface area contributed by atoms with Crippen LogP contribution in [-0.4, -0.2) is 9.97 Å². The first kappa shape index (κ1) is 13.5. The molecule has 3 nitrogen and oxygen atoms in total. The summed E-state index contributed by atoms with van der Waals surface area (Å²) < 4.78 is 2.12. The van der Waals surface area contributed by atoms with Crippen molar-refractivity contribution in [2.45, 2.75) is 13.3 Å². The number of halogens is 3. The number of hydrogen-bond donors (Lipinski definition) is 1. The lowest BCUT2D eigenvalue weighted by atomic mass is 10.3. The molecule has 0 aliphatic heterocycles. The molecule has 0 aliphatic rings. The van der Waals surface area contributed by atoms with E-state index < -0.39 is 0 Å². The summed E-state index contributed by atoms with van der Waals surface area (Å²) in [4.78, 5) is 19.8. The fourth-order valence-corrected chi connectivity index (χ4v) is 3.60. The molecule has 0 saturated heterocycles. The molecule has 1 N–H and O–H groups in total. The van der Waals surface area contributed by atoms with Crippen molar-refractivity contribution in [2.24, 2.45) is 0 Å². The Morgan fingerprint density at radius 3 is 2.88 bits per heavy atom. The van der Waals surface area contributed by atoms with E-state index in [1.807, 2.05) is 35.6 Å². The second kappa shape index (κ2) is 5.38. The Bertz CT molecular complexity index is 606. The maximum absolute atomic E-state index is 11.7. The molecule has 2 rings (SSSR count). The number of hydrogen-bond acceptors (Lipinski definition) is 3. The third-order valence-corrected chi connectivity index (χ3v) is 5.74. The maximum Gasteiger partial charge on any atom is 0.264 e. The van der Waals surface area contributed by atoms with Crippen LogP contribution in [0.5, 0.6) is 0 Å². The summed E-state index contributed by atoms with van der Waals surface area (Å²) in [6.45, 7) is 1.98. The number of nitrogens with one attached hydrogen (secondary N) is 1. The zero-order chi connectivity index (χ0) is 12.6. The normalized spacial score (nSPS) is 10.8. The van der Waals surface area contributed by atoms with E-state index in [-0.39, 0.29) is 5.56 Å². The minimum Gasteiger partial charge on any atom is -0.305 e. The molecule has 0 atom stereocenters. The Hall–Kier alpha value is 0.0800. The van der Waals surface area contributed by atoms with Crippen molar-refractivity contribution in [1.82, 2.24) is 9.97 Å². The molecular formula is C10H7BrClIN2OS. The van der Waals surface area contributed by atoms with Gasteiger partial charge in [0, 0.05) is 4.47 Å². The molecule has 0 aromatic carbocycles. The highest BCUT2D eigenvalue weighted by Gasteiger charge is 2.12. The van der Waals surface area contributed by atoms with Gasteiger partial charge in [0.2, 0.25) is 0 Å². The molecule has 2 aromatic rings. The lowest BCUT2D eigenvalue weighted by Gasteiger charge is -2.02. The summed E-state index contributed by atoms with van der Waals surface area (Å²) in [5, 5.41) is 0. The third kappa shape index (κ3) is 2.74. The second-order valence-electron chi connectivity index (χ2n) is 3.26. The van der Waals surface area contributed by atoms with E-state index in [1.54, 1.807) is 0 Å². The predicted octanol–water partition coefficient (Wildman–Crippen LogP) is 4.08. The average molecular weight is 446 g/mol. The van der Waals surface area contributed by atoms with Crippen molar-refractivity contribution in [2.75, 3.05) is 0 Å². The third-order valence-electron chi connectivity index (χ3n) is 2.14. The van der Waals surface area contributed by atoms with Gasteiger partial charge in [0.25, 0.3) is 5.56 Å². The zero-order valence-electron chi connectivity index (χ0n) is 8.68. The lowest BCUT2D eigenvalue weighted by Crippen LogP contribution is -2.15. The van der Waals surface area contributed by atoms with E-state index in [0.717, 1.165) is 21.5 Å². The van der Waals surface area contributed by atoms with Crippen LogP contribution >= 0.6 is 61.5 Å². The van der Waals surface area contributed by atoms with Crippen LogP contribution in [0.4, 0.5) is 0 Å². The average Bonchev–Trinajstić information content (AvgIpc) is 2.63. The number of rotatable bonds is 2. The molecular weight excluding hydrogens is 438 g/mol. The molecule has 7 heteroatoms. The molecule has 0 fully saturated rings. The van der Waals surface area contributed by atoms with Crippen LogP contribution in [0.3, 0.4) is 0 Å². The predicted molar refractivity (Wildman–Crippen MR) is 83.0 cm³/mol. The van der Waals surface area contributed by atoms with Gasteiger partial charge in [-0.05, 0) is 51.0 Å². The van der Waals surface area contributed by atoms with Crippen molar-refractivity contribution in [3.8, 4) is 10.7 Å². The van der Waals surface area contributed by atoms with Gasteiger partial charge in [0.15, 0.2) is 5.82 Å². The first-order valence-corrected chi connectivity index (χ1v) is 7.83. The van der Waals surface area contributed by atoms with Crippen molar-refractivity contribution < 1.29 is 0 Å². The van der Waals surface area contributed by atoms with Crippen molar-refractivity contribution in [1.29, 1.82) is 0 Å². The van der Waals surface area contributed by atoms with Crippen LogP contribution in [0.2, 0.25) is 4.34 Å². The fraction of sp³-hybridized carbons (Fsp3) is 0.200. The summed E-state index contributed by atoms with van der Waals surface area (Å²) in [6, 6.07) is 1.86. The number of thiophene rings is 1. The first-order chi connectivity index (χ1) is 8.02. The first-order valence-electron chi connectivity index (χ1n) is 4.76. The van der Waals surface area contributed by atoms with Crippen LogP contribution in [-0.2, 0) is 6.42 Å². The Balaban J connectivity index is 2.60. The SMILES string of the molecule is CCc1nc(-c2cc(Br)c(Cl)s2)[nH]c(=O)c1I. The second-order valence-corrected chi connectivity index (χ2v) is 6.85. The number of H-pyrrole nitrogens is 1.